The lowest BCUT2D eigenvalue weighted by atomic mass is 9.97. The summed E-state index contributed by atoms with van der Waals surface area (Å²) in [7, 11) is -3.73. The third-order valence-electron chi connectivity index (χ3n) is 5.74. The summed E-state index contributed by atoms with van der Waals surface area (Å²) in [6, 6.07) is 4.70. The molecule has 0 bridgehead atoms. The van der Waals surface area contributed by atoms with Gasteiger partial charge in [0.05, 0.1) is 17.2 Å². The Hall–Kier alpha value is -2.77. The van der Waals surface area contributed by atoms with Crippen molar-refractivity contribution in [3.05, 3.63) is 42.2 Å². The van der Waals surface area contributed by atoms with Gasteiger partial charge in [0.25, 0.3) is 0 Å². The van der Waals surface area contributed by atoms with E-state index in [-0.39, 0.29) is 19.0 Å². The molecule has 9 nitrogen and oxygen atoms in total. The summed E-state index contributed by atoms with van der Waals surface area (Å²) in [4.78, 5) is 22.2. The number of carbonyl (C=O) groups is 1. The van der Waals surface area contributed by atoms with Gasteiger partial charge >= 0.3 is 6.18 Å². The quantitative estimate of drug-likeness (QED) is 0.442. The fourth-order valence-electron chi connectivity index (χ4n) is 3.64. The van der Waals surface area contributed by atoms with Crippen molar-refractivity contribution in [3.8, 4) is 11.1 Å². The molecule has 1 amide bonds. The number of anilines is 1. The second-order valence-corrected chi connectivity index (χ2v) is 10.4. The van der Waals surface area contributed by atoms with E-state index < -0.39 is 39.3 Å². The number of hydrogen-bond acceptors (Lipinski definition) is 7. The molecule has 3 rings (SSSR count). The molecule has 1 unspecified atom stereocenters. The molecule has 13 heteroatoms. The van der Waals surface area contributed by atoms with E-state index in [2.05, 4.69) is 9.97 Å². The van der Waals surface area contributed by atoms with Gasteiger partial charge < -0.3 is 4.90 Å². The molecule has 2 N–H and O–H groups in total. The number of hydroxylamine groups is 1. The van der Waals surface area contributed by atoms with Crippen LogP contribution < -0.4 is 10.4 Å². The van der Waals surface area contributed by atoms with E-state index in [0.717, 1.165) is 12.1 Å². The summed E-state index contributed by atoms with van der Waals surface area (Å²) in [5, 5.41) is 8.88. The van der Waals surface area contributed by atoms with Gasteiger partial charge in [-0.15, -0.1) is 0 Å². The Morgan fingerprint density at radius 3 is 2.09 bits per heavy atom. The number of rotatable bonds is 7. The summed E-state index contributed by atoms with van der Waals surface area (Å²) in [6.45, 7) is 4.43. The molecule has 1 saturated heterocycles. The van der Waals surface area contributed by atoms with Crippen LogP contribution in [0.5, 0.6) is 0 Å². The van der Waals surface area contributed by atoms with Crippen LogP contribution in [0.4, 0.5) is 19.1 Å². The van der Waals surface area contributed by atoms with Crippen LogP contribution in [0.1, 0.15) is 19.4 Å². The van der Waals surface area contributed by atoms with E-state index in [9.17, 15) is 26.4 Å². The predicted octanol–water partition coefficient (Wildman–Crippen LogP) is 2.39. The topological polar surface area (TPSA) is 116 Å². The molecule has 1 aromatic carbocycles. The normalized spacial score (nSPS) is 16.5. The van der Waals surface area contributed by atoms with Crippen molar-refractivity contribution >= 4 is 21.9 Å². The van der Waals surface area contributed by atoms with Gasteiger partial charge in [0, 0.05) is 44.1 Å². The summed E-state index contributed by atoms with van der Waals surface area (Å²) in [5.74, 6) is -1.92. The molecule has 0 saturated carbocycles. The largest absolute Gasteiger partial charge is 0.416 e. The number of alkyl halides is 3. The summed E-state index contributed by atoms with van der Waals surface area (Å²) in [6.07, 6.45) is -1.39. The van der Waals surface area contributed by atoms with E-state index >= 15 is 0 Å². The summed E-state index contributed by atoms with van der Waals surface area (Å²) in [5.41, 5.74) is 1.89. The van der Waals surface area contributed by atoms with Gasteiger partial charge in [-0.3, -0.25) is 10.0 Å². The molecule has 2 heterocycles. The van der Waals surface area contributed by atoms with Gasteiger partial charge in [-0.2, -0.15) is 17.5 Å². The molecule has 0 radical (unpaired) electrons. The van der Waals surface area contributed by atoms with Crippen molar-refractivity contribution in [2.75, 3.05) is 36.8 Å². The first-order valence-corrected chi connectivity index (χ1v) is 12.2. The average Bonchev–Trinajstić information content (AvgIpc) is 2.81. The van der Waals surface area contributed by atoms with E-state index in [1.54, 1.807) is 13.8 Å². The van der Waals surface area contributed by atoms with E-state index in [1.807, 2.05) is 4.90 Å². The lowest BCUT2D eigenvalue weighted by Gasteiger charge is -2.34. The first kappa shape index (κ1) is 25.8. The van der Waals surface area contributed by atoms with Crippen LogP contribution >= 0.6 is 0 Å². The van der Waals surface area contributed by atoms with Crippen LogP contribution in [0.3, 0.4) is 0 Å². The number of amides is 1. The molecule has 1 aliphatic rings. The highest BCUT2D eigenvalue weighted by Gasteiger charge is 2.34. The van der Waals surface area contributed by atoms with Crippen LogP contribution in [0, 0.1) is 11.8 Å². The van der Waals surface area contributed by atoms with Crippen molar-refractivity contribution in [1.82, 2.24) is 19.8 Å². The monoisotopic (exact) mass is 501 g/mol. The smallest absolute Gasteiger partial charge is 0.338 e. The molecule has 1 aromatic heterocycles. The van der Waals surface area contributed by atoms with Crippen molar-refractivity contribution in [2.24, 2.45) is 11.8 Å². The van der Waals surface area contributed by atoms with Crippen molar-refractivity contribution < 1.29 is 31.6 Å². The molecule has 2 aromatic rings. The fourth-order valence-corrected chi connectivity index (χ4v) is 5.56. The maximum atomic E-state index is 12.8. The lowest BCUT2D eigenvalue weighted by Crippen LogP contribution is -2.51. The zero-order valence-corrected chi connectivity index (χ0v) is 19.5. The minimum atomic E-state index is -4.41. The molecular weight excluding hydrogens is 475 g/mol. The van der Waals surface area contributed by atoms with Gasteiger partial charge in [0.2, 0.25) is 21.9 Å². The highest BCUT2D eigenvalue weighted by molar-refractivity contribution is 7.89. The first-order valence-electron chi connectivity index (χ1n) is 10.6. The summed E-state index contributed by atoms with van der Waals surface area (Å²) >= 11 is 0. The number of aromatic nitrogens is 2. The van der Waals surface area contributed by atoms with Gasteiger partial charge in [-0.1, -0.05) is 26.0 Å². The van der Waals surface area contributed by atoms with Gasteiger partial charge in [0.1, 0.15) is 0 Å². The zero-order chi connectivity index (χ0) is 25.1. The molecule has 186 valence electrons. The number of piperazine rings is 1. The SMILES string of the molecule is CC(C)C(CS(=O)(=O)N1CCN(c2ncc(-c3ccc(C(F)(F)F)cc3)cn2)CC1)C(=O)NO. The van der Waals surface area contributed by atoms with E-state index in [0.29, 0.717) is 30.2 Å². The number of nitrogens with zero attached hydrogens (tertiary/aromatic N) is 4. The lowest BCUT2D eigenvalue weighted by molar-refractivity contribution is -0.137. The Kier molecular flexibility index (Phi) is 7.78. The Bertz CT molecular complexity index is 1080. The molecule has 0 spiro atoms. The molecule has 1 atom stereocenters. The van der Waals surface area contributed by atoms with Crippen LogP contribution in [0.15, 0.2) is 36.7 Å². The molecule has 0 aliphatic carbocycles. The van der Waals surface area contributed by atoms with Crippen LogP contribution in [-0.2, 0) is 21.0 Å². The fraction of sp³-hybridized carbons (Fsp3) is 0.476. The number of sulfonamides is 1. The van der Waals surface area contributed by atoms with E-state index in [4.69, 9.17) is 5.21 Å². The Morgan fingerprint density at radius 1 is 1.06 bits per heavy atom. The Labute approximate surface area is 195 Å². The highest BCUT2D eigenvalue weighted by atomic mass is 32.2. The molecule has 1 fully saturated rings. The van der Waals surface area contributed by atoms with Gasteiger partial charge in [-0.05, 0) is 23.6 Å². The number of halogens is 3. The third kappa shape index (κ3) is 6.02. The second kappa shape index (κ2) is 10.2. The number of carbonyl (C=O) groups excluding carboxylic acids is 1. The first-order chi connectivity index (χ1) is 15.9. The molecular formula is C21H26F3N5O4S. The summed E-state index contributed by atoms with van der Waals surface area (Å²) < 4.78 is 65.1. The van der Waals surface area contributed by atoms with E-state index in [1.165, 1.54) is 34.3 Å². The third-order valence-corrected chi connectivity index (χ3v) is 7.67. The highest BCUT2D eigenvalue weighted by Crippen LogP contribution is 2.31. The van der Waals surface area contributed by atoms with Crippen LogP contribution in [-0.4, -0.2) is 65.7 Å². The molecule has 34 heavy (non-hydrogen) atoms. The van der Waals surface area contributed by atoms with Gasteiger partial charge in [0.15, 0.2) is 0 Å². The maximum absolute atomic E-state index is 12.8. The van der Waals surface area contributed by atoms with Crippen LogP contribution in [0.25, 0.3) is 11.1 Å². The number of benzene rings is 1. The maximum Gasteiger partial charge on any atom is 0.416 e. The minimum absolute atomic E-state index is 0.178. The predicted molar refractivity (Wildman–Crippen MR) is 118 cm³/mol. The molecule has 1 aliphatic heterocycles. The number of nitrogens with one attached hydrogen (secondary N) is 1. The minimum Gasteiger partial charge on any atom is -0.338 e. The van der Waals surface area contributed by atoms with Gasteiger partial charge in [-0.25, -0.2) is 23.9 Å². The Balaban J connectivity index is 1.62. The zero-order valence-electron chi connectivity index (χ0n) is 18.7. The van der Waals surface area contributed by atoms with Crippen molar-refractivity contribution in [2.45, 2.75) is 20.0 Å². The second-order valence-electron chi connectivity index (χ2n) is 8.34. The van der Waals surface area contributed by atoms with Crippen LogP contribution in [0.2, 0.25) is 0 Å². The number of hydrogen-bond donors (Lipinski definition) is 2. The van der Waals surface area contributed by atoms with Crippen molar-refractivity contribution in [3.63, 3.8) is 0 Å². The average molecular weight is 502 g/mol. The Morgan fingerprint density at radius 2 is 1.62 bits per heavy atom. The standard InChI is InChI=1S/C21H26F3N5O4S/c1-14(2)18(19(30)27-31)13-34(32,33)29-9-7-28(8-10-29)20-25-11-16(12-26-20)15-3-5-17(6-4-15)21(22,23)24/h3-6,11-12,14,18,31H,7-10,13H2,1-2H3,(H,27,30). The van der Waals surface area contributed by atoms with Crippen molar-refractivity contribution in [1.29, 1.82) is 0 Å².